The predicted octanol–water partition coefficient (Wildman–Crippen LogP) is 5.49. The molecule has 2 aliphatic carbocycles. The van der Waals surface area contributed by atoms with E-state index in [4.69, 9.17) is 16.3 Å². The zero-order valence-electron chi connectivity index (χ0n) is 19.8. The molecule has 4 heterocycles. The standard InChI is InChI=1S/C25H29N7OS/c1-14(2)19-20(16-11-18(33-4)22-27-13-28-32(22)12-16)29-24-21(19)30-23(34-24)15-5-7-17(8-6-15)31-25(26-3)9-10-25/h11-15,17,29,31H,5-10H2,1-2,4H3. The third-order valence-electron chi connectivity index (χ3n) is 7.32. The number of aromatic amines is 1. The maximum atomic E-state index is 7.43. The molecule has 2 fully saturated rings. The molecule has 34 heavy (non-hydrogen) atoms. The molecule has 0 unspecified atom stereocenters. The Labute approximate surface area is 202 Å². The van der Waals surface area contributed by atoms with Gasteiger partial charge in [-0.1, -0.05) is 13.8 Å². The fraction of sp³-hybridized carbons (Fsp3) is 0.520. The van der Waals surface area contributed by atoms with E-state index in [9.17, 15) is 0 Å². The van der Waals surface area contributed by atoms with Crippen molar-refractivity contribution in [1.82, 2.24) is 29.9 Å². The van der Waals surface area contributed by atoms with E-state index in [-0.39, 0.29) is 5.66 Å². The number of nitrogens with one attached hydrogen (secondary N) is 2. The van der Waals surface area contributed by atoms with Gasteiger partial charge >= 0.3 is 0 Å². The minimum absolute atomic E-state index is 0.241. The summed E-state index contributed by atoms with van der Waals surface area (Å²) in [5, 5.41) is 9.18. The summed E-state index contributed by atoms with van der Waals surface area (Å²) in [5.74, 6) is 1.52. The van der Waals surface area contributed by atoms with Crippen LogP contribution < -0.4 is 10.1 Å². The van der Waals surface area contributed by atoms with Crippen molar-refractivity contribution in [3.05, 3.63) is 40.6 Å². The predicted molar refractivity (Wildman–Crippen MR) is 133 cm³/mol. The third kappa shape index (κ3) is 3.56. The van der Waals surface area contributed by atoms with Crippen molar-refractivity contribution in [2.24, 2.45) is 0 Å². The molecule has 8 nitrogen and oxygen atoms in total. The first kappa shape index (κ1) is 21.6. The van der Waals surface area contributed by atoms with Crippen molar-refractivity contribution in [3.8, 4) is 17.0 Å². The summed E-state index contributed by atoms with van der Waals surface area (Å²) in [4.78, 5) is 18.1. The molecule has 0 amide bonds. The Morgan fingerprint density at radius 2 is 2.09 bits per heavy atom. The Hall–Kier alpha value is -2.96. The highest BCUT2D eigenvalue weighted by atomic mass is 32.1. The van der Waals surface area contributed by atoms with Crippen molar-refractivity contribution in [2.45, 2.75) is 75.9 Å². The zero-order valence-corrected chi connectivity index (χ0v) is 20.6. The van der Waals surface area contributed by atoms with Gasteiger partial charge in [0.1, 0.15) is 16.7 Å². The first-order valence-corrected chi connectivity index (χ1v) is 12.9. The molecule has 2 N–H and O–H groups in total. The highest BCUT2D eigenvalue weighted by molar-refractivity contribution is 7.18. The van der Waals surface area contributed by atoms with Gasteiger partial charge in [0.15, 0.2) is 11.4 Å². The number of rotatable bonds is 6. The topological polar surface area (TPSA) is 84.5 Å². The van der Waals surface area contributed by atoms with Crippen LogP contribution in [-0.4, -0.2) is 43.4 Å². The lowest BCUT2D eigenvalue weighted by Gasteiger charge is -2.28. The summed E-state index contributed by atoms with van der Waals surface area (Å²) < 4.78 is 7.34. The first-order chi connectivity index (χ1) is 16.5. The quantitative estimate of drug-likeness (QED) is 0.360. The van der Waals surface area contributed by atoms with Crippen molar-refractivity contribution < 1.29 is 4.74 Å². The number of nitrogens with zero attached hydrogens (tertiary/aromatic N) is 5. The maximum Gasteiger partial charge on any atom is 0.287 e. The van der Waals surface area contributed by atoms with Gasteiger partial charge in [-0.2, -0.15) is 5.10 Å². The van der Waals surface area contributed by atoms with Gasteiger partial charge in [-0.05, 0) is 37.7 Å². The molecule has 4 aromatic rings. The van der Waals surface area contributed by atoms with Gasteiger partial charge in [0.05, 0.1) is 17.8 Å². The highest BCUT2D eigenvalue weighted by Crippen LogP contribution is 2.44. The van der Waals surface area contributed by atoms with Crippen LogP contribution in [0.5, 0.6) is 5.75 Å². The first-order valence-electron chi connectivity index (χ1n) is 12.1. The van der Waals surface area contributed by atoms with Crippen molar-refractivity contribution >= 4 is 27.3 Å². The average Bonchev–Trinajstić information content (AvgIpc) is 3.16. The van der Waals surface area contributed by atoms with E-state index in [1.807, 2.05) is 12.3 Å². The molecule has 9 heteroatoms. The number of aromatic nitrogens is 5. The summed E-state index contributed by atoms with van der Waals surface area (Å²) in [7, 11) is 1.66. The van der Waals surface area contributed by atoms with Crippen LogP contribution in [-0.2, 0) is 0 Å². The van der Waals surface area contributed by atoms with Crippen LogP contribution in [0, 0.1) is 6.57 Å². The average molecular weight is 476 g/mol. The second-order valence-electron chi connectivity index (χ2n) is 9.96. The van der Waals surface area contributed by atoms with E-state index in [1.54, 1.807) is 29.3 Å². The summed E-state index contributed by atoms with van der Waals surface area (Å²) in [5.41, 5.74) is 4.89. The molecule has 2 aliphatic rings. The van der Waals surface area contributed by atoms with Gasteiger partial charge in [-0.3, -0.25) is 4.85 Å². The SMILES string of the molecule is [C-]#[N+]C1(NC2CCC(c3nc4c(C(C)C)c(-c5cc(OC)c6ncnn6c5)[nH]c4s3)CC2)CC1. The monoisotopic (exact) mass is 475 g/mol. The number of thiazole rings is 1. The molecule has 176 valence electrons. The van der Waals surface area contributed by atoms with Crippen LogP contribution in [0.4, 0.5) is 0 Å². The molecular weight excluding hydrogens is 446 g/mol. The largest absolute Gasteiger partial charge is 0.493 e. The molecule has 0 saturated heterocycles. The van der Waals surface area contributed by atoms with Gasteiger partial charge in [0, 0.05) is 42.1 Å². The van der Waals surface area contributed by atoms with E-state index in [1.165, 1.54) is 10.6 Å². The van der Waals surface area contributed by atoms with E-state index in [2.05, 4.69) is 39.1 Å². The summed E-state index contributed by atoms with van der Waals surface area (Å²) in [6.07, 6.45) is 10.1. The van der Waals surface area contributed by atoms with Crippen molar-refractivity contribution in [2.75, 3.05) is 7.11 Å². The van der Waals surface area contributed by atoms with Crippen LogP contribution in [0.15, 0.2) is 18.6 Å². The minimum atomic E-state index is -0.241. The van der Waals surface area contributed by atoms with Gasteiger partial charge in [0.25, 0.3) is 5.66 Å². The number of hydrogen-bond acceptors (Lipinski definition) is 6. The number of H-pyrrole nitrogens is 1. The molecule has 0 radical (unpaired) electrons. The fourth-order valence-electron chi connectivity index (χ4n) is 5.32. The van der Waals surface area contributed by atoms with E-state index in [0.29, 0.717) is 29.3 Å². The fourth-order valence-corrected chi connectivity index (χ4v) is 6.48. The molecular formula is C25H29N7OS. The lowest BCUT2D eigenvalue weighted by atomic mass is 9.86. The van der Waals surface area contributed by atoms with Crippen LogP contribution in [0.2, 0.25) is 0 Å². The normalized spacial score (nSPS) is 21.9. The molecule has 4 aromatic heterocycles. The number of fused-ring (bicyclic) bond motifs is 2. The third-order valence-corrected chi connectivity index (χ3v) is 8.45. The molecule has 0 bridgehead atoms. The Balaban J connectivity index is 1.29. The molecule has 2 saturated carbocycles. The second kappa shape index (κ2) is 8.07. The van der Waals surface area contributed by atoms with Crippen LogP contribution in [0.1, 0.15) is 74.8 Å². The molecule has 0 spiro atoms. The van der Waals surface area contributed by atoms with E-state index < -0.39 is 0 Å². The Morgan fingerprint density at radius 3 is 2.76 bits per heavy atom. The molecule has 0 aromatic carbocycles. The zero-order chi connectivity index (χ0) is 23.4. The van der Waals surface area contributed by atoms with Crippen LogP contribution in [0.25, 0.3) is 32.1 Å². The van der Waals surface area contributed by atoms with Crippen molar-refractivity contribution in [1.29, 1.82) is 0 Å². The van der Waals surface area contributed by atoms with Gasteiger partial charge in [-0.15, -0.1) is 11.3 Å². The summed E-state index contributed by atoms with van der Waals surface area (Å²) >= 11 is 1.80. The lowest BCUT2D eigenvalue weighted by molar-refractivity contribution is 0.322. The molecule has 0 aliphatic heterocycles. The van der Waals surface area contributed by atoms with Gasteiger partial charge in [-0.25, -0.2) is 26.4 Å². The smallest absolute Gasteiger partial charge is 0.287 e. The Morgan fingerprint density at radius 1 is 1.29 bits per heavy atom. The molecule has 0 atom stereocenters. The Kier molecular flexibility index (Phi) is 5.12. The highest BCUT2D eigenvalue weighted by Gasteiger charge is 2.52. The number of hydrogen-bond donors (Lipinski definition) is 2. The van der Waals surface area contributed by atoms with Gasteiger partial charge < -0.3 is 9.72 Å². The number of pyridine rings is 1. The van der Waals surface area contributed by atoms with E-state index in [0.717, 1.165) is 60.1 Å². The van der Waals surface area contributed by atoms with Crippen LogP contribution in [0.3, 0.4) is 0 Å². The number of ether oxygens (including phenoxy) is 1. The summed E-state index contributed by atoms with van der Waals surface area (Å²) in [6.45, 7) is 11.9. The number of methoxy groups -OCH3 is 1. The molecule has 6 rings (SSSR count). The van der Waals surface area contributed by atoms with Gasteiger partial charge in [0.2, 0.25) is 0 Å². The Bertz CT molecular complexity index is 1400. The second-order valence-corrected chi connectivity index (χ2v) is 11.0. The minimum Gasteiger partial charge on any atom is -0.493 e. The van der Waals surface area contributed by atoms with Crippen LogP contribution >= 0.6 is 11.3 Å². The maximum absolute atomic E-state index is 7.43. The lowest BCUT2D eigenvalue weighted by Crippen LogP contribution is -2.40. The van der Waals surface area contributed by atoms with Crippen molar-refractivity contribution in [3.63, 3.8) is 0 Å². The van der Waals surface area contributed by atoms with E-state index >= 15 is 0 Å². The summed E-state index contributed by atoms with van der Waals surface area (Å²) in [6, 6.07) is 2.49.